The van der Waals surface area contributed by atoms with Crippen molar-refractivity contribution in [3.63, 3.8) is 0 Å². The summed E-state index contributed by atoms with van der Waals surface area (Å²) < 4.78 is 1.46. The Bertz CT molecular complexity index is 401. The molecule has 0 aromatic carbocycles. The van der Waals surface area contributed by atoms with E-state index in [4.69, 9.17) is 10.2 Å². The number of rotatable bonds is 4. The molecule has 0 saturated carbocycles. The van der Waals surface area contributed by atoms with E-state index in [2.05, 4.69) is 37.2 Å². The van der Waals surface area contributed by atoms with Crippen molar-refractivity contribution in [3.05, 3.63) is 19.2 Å². The topological polar surface area (TPSA) is 86.6 Å². The quantitative estimate of drug-likeness (QED) is 0.746. The first-order valence-corrected chi connectivity index (χ1v) is 6.45. The van der Waals surface area contributed by atoms with Gasteiger partial charge in [0, 0.05) is 4.47 Å². The molecule has 8 heteroatoms. The van der Waals surface area contributed by atoms with Crippen LogP contribution in [0.5, 0.6) is 0 Å². The van der Waals surface area contributed by atoms with E-state index in [-0.39, 0.29) is 0 Å². The van der Waals surface area contributed by atoms with Gasteiger partial charge in [0.25, 0.3) is 5.91 Å². The smallest absolute Gasteiger partial charge is 0.328 e. The molecule has 1 aromatic rings. The summed E-state index contributed by atoms with van der Waals surface area (Å²) in [6.07, 6.45) is 0. The molecule has 0 unspecified atom stereocenters. The maximum Gasteiger partial charge on any atom is 0.328 e. The molecule has 0 saturated heterocycles. The number of aliphatic hydroxyl groups is 1. The summed E-state index contributed by atoms with van der Waals surface area (Å²) >= 11 is 7.61. The molecule has 5 nitrogen and oxygen atoms in total. The first kappa shape index (κ1) is 13.6. The van der Waals surface area contributed by atoms with Gasteiger partial charge < -0.3 is 15.5 Å². The molecule has 1 atom stereocenters. The summed E-state index contributed by atoms with van der Waals surface area (Å²) in [5.74, 6) is -1.80. The molecular weight excluding hydrogens is 366 g/mol. The molecule has 1 aromatic heterocycles. The SMILES string of the molecule is O=C(N[C@@H](CO)C(=O)O)c1cc(Br)c(Br)s1. The van der Waals surface area contributed by atoms with Crippen LogP contribution < -0.4 is 5.32 Å². The molecule has 0 fully saturated rings. The van der Waals surface area contributed by atoms with Crippen LogP contribution in [0.15, 0.2) is 14.3 Å². The number of aliphatic hydroxyl groups excluding tert-OH is 1. The average molecular weight is 373 g/mol. The molecule has 1 heterocycles. The Hall–Kier alpha value is -0.440. The molecular formula is C8H7Br2NO4S. The van der Waals surface area contributed by atoms with Crippen molar-refractivity contribution in [1.82, 2.24) is 5.32 Å². The first-order chi connectivity index (χ1) is 7.45. The lowest BCUT2D eigenvalue weighted by Gasteiger charge is -2.10. The van der Waals surface area contributed by atoms with Crippen LogP contribution in [0.1, 0.15) is 9.67 Å². The normalized spacial score (nSPS) is 12.2. The number of nitrogens with one attached hydrogen (secondary N) is 1. The minimum absolute atomic E-state index is 0.360. The Morgan fingerprint density at radius 3 is 2.50 bits per heavy atom. The maximum atomic E-state index is 11.6. The van der Waals surface area contributed by atoms with Crippen molar-refractivity contribution >= 4 is 55.1 Å². The third-order valence-electron chi connectivity index (χ3n) is 1.65. The molecule has 0 spiro atoms. The predicted octanol–water partition coefficient (Wildman–Crippen LogP) is 1.45. The number of amides is 1. The fourth-order valence-electron chi connectivity index (χ4n) is 0.873. The number of thiophene rings is 1. The van der Waals surface area contributed by atoms with E-state index in [0.717, 1.165) is 8.26 Å². The molecule has 3 N–H and O–H groups in total. The highest BCUT2D eigenvalue weighted by Crippen LogP contribution is 2.32. The summed E-state index contributed by atoms with van der Waals surface area (Å²) in [6, 6.07) is 0.285. The van der Waals surface area contributed by atoms with Gasteiger partial charge in [0.15, 0.2) is 6.04 Å². The Morgan fingerprint density at radius 1 is 1.50 bits per heavy atom. The van der Waals surface area contributed by atoms with E-state index in [0.29, 0.717) is 4.88 Å². The Morgan fingerprint density at radius 2 is 2.12 bits per heavy atom. The van der Waals surface area contributed by atoms with E-state index < -0.39 is 24.5 Å². The van der Waals surface area contributed by atoms with E-state index in [1.165, 1.54) is 11.3 Å². The van der Waals surface area contributed by atoms with Crippen molar-refractivity contribution < 1.29 is 19.8 Å². The largest absolute Gasteiger partial charge is 0.480 e. The zero-order valence-corrected chi connectivity index (χ0v) is 11.7. The second-order valence-corrected chi connectivity index (χ2v) is 6.00. The zero-order chi connectivity index (χ0) is 12.3. The van der Waals surface area contributed by atoms with Crippen molar-refractivity contribution in [2.24, 2.45) is 0 Å². The van der Waals surface area contributed by atoms with Crippen LogP contribution in [0.4, 0.5) is 0 Å². The number of carbonyl (C=O) groups is 2. The van der Waals surface area contributed by atoms with Crippen LogP contribution in [0.25, 0.3) is 0 Å². The third kappa shape index (κ3) is 3.27. The second-order valence-electron chi connectivity index (χ2n) is 2.78. The Balaban J connectivity index is 2.75. The van der Waals surface area contributed by atoms with Gasteiger partial charge in [0.1, 0.15) is 0 Å². The van der Waals surface area contributed by atoms with E-state index in [1.54, 1.807) is 6.07 Å². The predicted molar refractivity (Wildman–Crippen MR) is 65.7 cm³/mol. The maximum absolute atomic E-state index is 11.6. The van der Waals surface area contributed by atoms with E-state index >= 15 is 0 Å². The number of aliphatic carboxylic acids is 1. The van der Waals surface area contributed by atoms with E-state index in [1.807, 2.05) is 0 Å². The van der Waals surface area contributed by atoms with Crippen molar-refractivity contribution in [2.45, 2.75) is 6.04 Å². The van der Waals surface area contributed by atoms with Gasteiger partial charge in [0.2, 0.25) is 0 Å². The molecule has 1 rings (SSSR count). The summed E-state index contributed by atoms with van der Waals surface area (Å²) in [4.78, 5) is 22.5. The highest BCUT2D eigenvalue weighted by Gasteiger charge is 2.21. The highest BCUT2D eigenvalue weighted by atomic mass is 79.9. The monoisotopic (exact) mass is 371 g/mol. The third-order valence-corrected chi connectivity index (χ3v) is 4.91. The van der Waals surface area contributed by atoms with Gasteiger partial charge in [-0.15, -0.1) is 11.3 Å². The molecule has 1 amide bonds. The van der Waals surface area contributed by atoms with E-state index in [9.17, 15) is 9.59 Å². The van der Waals surface area contributed by atoms with Crippen LogP contribution in [0.2, 0.25) is 0 Å². The number of carboxylic acids is 1. The summed E-state index contributed by atoms with van der Waals surface area (Å²) in [7, 11) is 0. The number of hydrogen-bond donors (Lipinski definition) is 3. The van der Waals surface area contributed by atoms with Crippen molar-refractivity contribution in [3.8, 4) is 0 Å². The molecule has 16 heavy (non-hydrogen) atoms. The lowest BCUT2D eigenvalue weighted by atomic mass is 10.3. The van der Waals surface area contributed by atoms with Crippen molar-refractivity contribution in [2.75, 3.05) is 6.61 Å². The van der Waals surface area contributed by atoms with Gasteiger partial charge >= 0.3 is 5.97 Å². The highest BCUT2D eigenvalue weighted by molar-refractivity contribution is 9.13. The van der Waals surface area contributed by atoms with Gasteiger partial charge in [-0.2, -0.15) is 0 Å². The molecule has 88 valence electrons. The summed E-state index contributed by atoms with van der Waals surface area (Å²) in [5, 5.41) is 19.6. The van der Waals surface area contributed by atoms with Gasteiger partial charge in [-0.1, -0.05) is 0 Å². The lowest BCUT2D eigenvalue weighted by Crippen LogP contribution is -2.43. The minimum atomic E-state index is -1.29. The van der Waals surface area contributed by atoms with Crippen LogP contribution in [-0.4, -0.2) is 34.7 Å². The van der Waals surface area contributed by atoms with Gasteiger partial charge in [-0.3, -0.25) is 4.79 Å². The van der Waals surface area contributed by atoms with Gasteiger partial charge in [-0.25, -0.2) is 4.79 Å². The lowest BCUT2D eigenvalue weighted by molar-refractivity contribution is -0.140. The zero-order valence-electron chi connectivity index (χ0n) is 7.74. The van der Waals surface area contributed by atoms with Crippen LogP contribution >= 0.6 is 43.2 Å². The van der Waals surface area contributed by atoms with Gasteiger partial charge in [-0.05, 0) is 37.9 Å². The molecule has 0 radical (unpaired) electrons. The second kappa shape index (κ2) is 5.76. The Labute approximate surface area is 112 Å². The minimum Gasteiger partial charge on any atom is -0.480 e. The first-order valence-electron chi connectivity index (χ1n) is 4.05. The number of hydrogen-bond acceptors (Lipinski definition) is 4. The number of carboxylic acid groups (broad SMARTS) is 1. The molecule has 0 bridgehead atoms. The fraction of sp³-hybridized carbons (Fsp3) is 0.250. The van der Waals surface area contributed by atoms with Crippen LogP contribution in [-0.2, 0) is 4.79 Å². The van der Waals surface area contributed by atoms with Crippen LogP contribution in [0.3, 0.4) is 0 Å². The summed E-state index contributed by atoms with van der Waals surface area (Å²) in [5.41, 5.74) is 0. The Kier molecular flexibility index (Phi) is 4.90. The molecule has 0 aliphatic heterocycles. The standard InChI is InChI=1S/C8H7Br2NO4S/c9-3-1-5(16-6(3)10)7(13)11-4(2-12)8(14)15/h1,4,12H,2H2,(H,11,13)(H,14,15)/t4-/m0/s1. The fourth-order valence-corrected chi connectivity index (χ4v) is 2.81. The van der Waals surface area contributed by atoms with Crippen LogP contribution in [0, 0.1) is 0 Å². The molecule has 0 aliphatic carbocycles. The number of carbonyl (C=O) groups excluding carboxylic acids is 1. The van der Waals surface area contributed by atoms with Crippen molar-refractivity contribution in [1.29, 1.82) is 0 Å². The summed E-state index contributed by atoms with van der Waals surface area (Å²) in [6.45, 7) is -0.644. The molecule has 0 aliphatic rings. The number of halogens is 2. The average Bonchev–Trinajstić information content (AvgIpc) is 2.55. The van der Waals surface area contributed by atoms with Gasteiger partial charge in [0.05, 0.1) is 15.3 Å².